The first kappa shape index (κ1) is 33.9. The van der Waals surface area contributed by atoms with Gasteiger partial charge in [-0.25, -0.2) is 15.0 Å². The van der Waals surface area contributed by atoms with Crippen LogP contribution in [0.15, 0.2) is 200 Å². The number of rotatable bonds is 6. The third-order valence-electron chi connectivity index (χ3n) is 11.8. The van der Waals surface area contributed by atoms with Crippen molar-refractivity contribution in [3.8, 4) is 73.3 Å². The molecule has 2 heterocycles. The van der Waals surface area contributed by atoms with Crippen LogP contribution in [0, 0.1) is 0 Å². The maximum Gasteiger partial charge on any atom is 0.165 e. The third kappa shape index (κ3) is 5.72. The highest BCUT2D eigenvalue weighted by Crippen LogP contribution is 2.53. The zero-order valence-corrected chi connectivity index (χ0v) is 31.9. The lowest BCUT2D eigenvalue weighted by atomic mass is 9.73. The molecule has 1 aliphatic heterocycles. The van der Waals surface area contributed by atoms with Crippen LogP contribution in [-0.4, -0.2) is 21.1 Å². The summed E-state index contributed by atoms with van der Waals surface area (Å²) in [5, 5.41) is 4.74. The Labute approximate surface area is 337 Å². The van der Waals surface area contributed by atoms with Gasteiger partial charge in [-0.05, 0) is 86.1 Å². The lowest BCUT2D eigenvalue weighted by molar-refractivity contribution is 0.228. The van der Waals surface area contributed by atoms with Gasteiger partial charge in [-0.2, -0.15) is 0 Å². The molecule has 0 saturated carbocycles. The molecular formula is C54H37N3O. The summed E-state index contributed by atoms with van der Waals surface area (Å²) in [4.78, 5) is 16.0. The van der Waals surface area contributed by atoms with Gasteiger partial charge in [0.15, 0.2) is 17.5 Å². The van der Waals surface area contributed by atoms with Crippen molar-refractivity contribution in [2.75, 3.05) is 0 Å². The highest BCUT2D eigenvalue weighted by molar-refractivity contribution is 5.97. The smallest absolute Gasteiger partial charge is 0.165 e. The zero-order valence-electron chi connectivity index (χ0n) is 31.9. The van der Waals surface area contributed by atoms with E-state index in [1.165, 1.54) is 27.3 Å². The van der Waals surface area contributed by atoms with Gasteiger partial charge >= 0.3 is 0 Å². The summed E-state index contributed by atoms with van der Waals surface area (Å²) in [6.45, 7) is 2.26. The van der Waals surface area contributed by atoms with Crippen LogP contribution in [0.1, 0.15) is 12.5 Å². The largest absolute Gasteiger partial charge is 0.485 e. The first-order valence-corrected chi connectivity index (χ1v) is 19.8. The number of hydrogen-bond acceptors (Lipinski definition) is 4. The van der Waals surface area contributed by atoms with E-state index in [0.717, 1.165) is 55.6 Å². The third-order valence-corrected chi connectivity index (χ3v) is 11.8. The molecule has 58 heavy (non-hydrogen) atoms. The Hall–Kier alpha value is -7.43. The van der Waals surface area contributed by atoms with E-state index in [0.29, 0.717) is 17.5 Å². The van der Waals surface area contributed by atoms with Crippen molar-refractivity contribution in [1.29, 1.82) is 0 Å². The van der Waals surface area contributed by atoms with Crippen LogP contribution in [0.3, 0.4) is 0 Å². The van der Waals surface area contributed by atoms with Crippen molar-refractivity contribution >= 4 is 21.5 Å². The summed E-state index contributed by atoms with van der Waals surface area (Å²) in [6, 6.07) is 62.0. The predicted octanol–water partition coefficient (Wildman–Crippen LogP) is 13.3. The normalized spacial score (nSPS) is 16.6. The monoisotopic (exact) mass is 743 g/mol. The number of hydrogen-bond donors (Lipinski definition) is 0. The molecule has 11 rings (SSSR count). The van der Waals surface area contributed by atoms with Crippen LogP contribution >= 0.6 is 0 Å². The number of benzene rings is 8. The molecule has 0 amide bonds. The van der Waals surface area contributed by atoms with Crippen molar-refractivity contribution in [3.05, 3.63) is 206 Å². The van der Waals surface area contributed by atoms with Crippen molar-refractivity contribution in [2.24, 2.45) is 0 Å². The molecule has 4 nitrogen and oxygen atoms in total. The molecule has 0 saturated heterocycles. The molecule has 0 radical (unpaired) electrons. The van der Waals surface area contributed by atoms with Crippen LogP contribution in [0.25, 0.3) is 89.1 Å². The van der Waals surface area contributed by atoms with Crippen LogP contribution in [0.4, 0.5) is 0 Å². The van der Waals surface area contributed by atoms with Crippen molar-refractivity contribution in [1.82, 2.24) is 15.0 Å². The molecule has 1 aromatic heterocycles. The fraction of sp³-hybridized carbons (Fsp3) is 0.0556. The van der Waals surface area contributed by atoms with E-state index >= 15 is 0 Å². The molecule has 2 unspecified atom stereocenters. The summed E-state index contributed by atoms with van der Waals surface area (Å²) in [5.74, 6) is 2.68. The number of nitrogens with zero attached hydrogens (tertiary/aromatic N) is 3. The second kappa shape index (κ2) is 13.6. The molecular weight excluding hydrogens is 707 g/mol. The summed E-state index contributed by atoms with van der Waals surface area (Å²) >= 11 is 0. The van der Waals surface area contributed by atoms with Crippen LogP contribution in [0.5, 0.6) is 5.75 Å². The van der Waals surface area contributed by atoms with Gasteiger partial charge in [0.2, 0.25) is 0 Å². The molecule has 0 fully saturated rings. The maximum atomic E-state index is 6.70. The first-order valence-electron chi connectivity index (χ1n) is 19.8. The molecule has 8 aromatic carbocycles. The maximum absolute atomic E-state index is 6.70. The molecule has 4 heteroatoms. The summed E-state index contributed by atoms with van der Waals surface area (Å²) in [6.07, 6.45) is 8.45. The van der Waals surface area contributed by atoms with E-state index in [9.17, 15) is 0 Å². The molecule has 274 valence electrons. The number of fused-ring (bicyclic) bond motifs is 5. The summed E-state index contributed by atoms with van der Waals surface area (Å²) in [7, 11) is 0. The van der Waals surface area contributed by atoms with Gasteiger partial charge in [0.1, 0.15) is 11.9 Å². The van der Waals surface area contributed by atoms with Gasteiger partial charge in [-0.3, -0.25) is 0 Å². The van der Waals surface area contributed by atoms with E-state index < -0.39 is 5.41 Å². The topological polar surface area (TPSA) is 47.9 Å². The lowest BCUT2D eigenvalue weighted by Gasteiger charge is -2.29. The SMILES string of the molecule is CC12C=CC=CC1Oc1ccc(-c3ccc(-c4ccccc4)cc3)c(-c3nc(-c4ccc(-c5cccc6ccccc56)cc4)nc(-c4ccc5ccccc5c4)n3)c12. The van der Waals surface area contributed by atoms with E-state index in [4.69, 9.17) is 19.7 Å². The van der Waals surface area contributed by atoms with Crippen LogP contribution in [-0.2, 0) is 5.41 Å². The fourth-order valence-corrected chi connectivity index (χ4v) is 8.75. The first-order chi connectivity index (χ1) is 28.6. The Morgan fingerprint density at radius 3 is 1.86 bits per heavy atom. The minimum Gasteiger partial charge on any atom is -0.485 e. The van der Waals surface area contributed by atoms with Gasteiger partial charge in [-0.1, -0.05) is 176 Å². The van der Waals surface area contributed by atoms with Gasteiger partial charge in [0.25, 0.3) is 0 Å². The van der Waals surface area contributed by atoms with Crippen molar-refractivity contribution < 1.29 is 4.74 Å². The number of allylic oxidation sites excluding steroid dienone is 2. The molecule has 0 N–H and O–H groups in total. The Bertz CT molecular complexity index is 3090. The lowest BCUT2D eigenvalue weighted by Crippen LogP contribution is -2.33. The Balaban J connectivity index is 1.12. The molecule has 0 spiro atoms. The molecule has 2 atom stereocenters. The van der Waals surface area contributed by atoms with Crippen molar-refractivity contribution in [2.45, 2.75) is 18.4 Å². The van der Waals surface area contributed by atoms with Gasteiger partial charge in [0.05, 0.1) is 5.41 Å². The Morgan fingerprint density at radius 1 is 0.448 bits per heavy atom. The molecule has 9 aromatic rings. The van der Waals surface area contributed by atoms with Crippen molar-refractivity contribution in [3.63, 3.8) is 0 Å². The zero-order chi connectivity index (χ0) is 38.6. The molecule has 2 aliphatic rings. The molecule has 0 bridgehead atoms. The average molecular weight is 744 g/mol. The minimum absolute atomic E-state index is 0.148. The van der Waals surface area contributed by atoms with Crippen LogP contribution in [0.2, 0.25) is 0 Å². The van der Waals surface area contributed by atoms with E-state index in [-0.39, 0.29) is 6.10 Å². The van der Waals surface area contributed by atoms with Gasteiger partial charge in [0, 0.05) is 22.3 Å². The van der Waals surface area contributed by atoms with Crippen LogP contribution < -0.4 is 4.74 Å². The summed E-state index contributed by atoms with van der Waals surface area (Å²) < 4.78 is 6.70. The summed E-state index contributed by atoms with van der Waals surface area (Å²) in [5.41, 5.74) is 10.2. The Kier molecular flexibility index (Phi) is 7.97. The molecule has 1 aliphatic carbocycles. The second-order valence-corrected chi connectivity index (χ2v) is 15.3. The average Bonchev–Trinajstić information content (AvgIpc) is 3.60. The predicted molar refractivity (Wildman–Crippen MR) is 238 cm³/mol. The highest BCUT2D eigenvalue weighted by atomic mass is 16.5. The fourth-order valence-electron chi connectivity index (χ4n) is 8.75. The Morgan fingerprint density at radius 2 is 1.05 bits per heavy atom. The number of aromatic nitrogens is 3. The van der Waals surface area contributed by atoms with Gasteiger partial charge < -0.3 is 4.74 Å². The minimum atomic E-state index is -0.435. The second-order valence-electron chi connectivity index (χ2n) is 15.3. The van der Waals surface area contributed by atoms with E-state index in [2.05, 4.69) is 201 Å². The van der Waals surface area contributed by atoms with Gasteiger partial charge in [-0.15, -0.1) is 0 Å². The highest BCUT2D eigenvalue weighted by Gasteiger charge is 2.46. The standard InChI is InChI=1S/C54H37N3O/c1-54-33-10-9-20-48(54)58-47-32-31-46(40-24-21-37(22-25-40)35-12-3-2-4-13-35)49(50(47)54)53-56-51(55-52(57-53)43-30-23-36-14-5-6-16-42(36)34-43)41-28-26-39(27-29-41)45-19-11-17-38-15-7-8-18-44(38)45/h2-34,48H,1H3. The van der Waals surface area contributed by atoms with E-state index in [1.54, 1.807) is 0 Å². The number of ether oxygens (including phenoxy) is 1. The quantitative estimate of drug-likeness (QED) is 0.170. The van der Waals surface area contributed by atoms with E-state index in [1.807, 2.05) is 6.07 Å².